The number of H-pyrrole nitrogens is 2. The van der Waals surface area contributed by atoms with Crippen LogP contribution in [-0.2, 0) is 6.54 Å². The Labute approximate surface area is 118 Å². The monoisotopic (exact) mass is 274 g/mol. The summed E-state index contributed by atoms with van der Waals surface area (Å²) in [7, 11) is 2.19. The van der Waals surface area contributed by atoms with Crippen LogP contribution >= 0.6 is 0 Å². The highest BCUT2D eigenvalue weighted by Gasteiger charge is 2.22. The Morgan fingerprint density at radius 3 is 2.95 bits per heavy atom. The van der Waals surface area contributed by atoms with Gasteiger partial charge in [-0.05, 0) is 51.1 Å². The third kappa shape index (κ3) is 2.78. The summed E-state index contributed by atoms with van der Waals surface area (Å²) in [6.07, 6.45) is 2.39. The van der Waals surface area contributed by atoms with Crippen LogP contribution in [0.15, 0.2) is 23.0 Å². The number of aromatic nitrogens is 2. The zero-order valence-corrected chi connectivity index (χ0v) is 12.1. The number of nitrogens with zero attached hydrogens (tertiary/aromatic N) is 1. The largest absolute Gasteiger partial charge is 0.323 e. The van der Waals surface area contributed by atoms with E-state index in [9.17, 15) is 4.79 Å². The molecule has 0 bridgehead atoms. The van der Waals surface area contributed by atoms with Crippen molar-refractivity contribution >= 4 is 11.0 Å². The fourth-order valence-electron chi connectivity index (χ4n) is 2.93. The number of hydrogen-bond donors (Lipinski definition) is 3. The van der Waals surface area contributed by atoms with E-state index < -0.39 is 0 Å². The highest BCUT2D eigenvalue weighted by Crippen LogP contribution is 2.16. The van der Waals surface area contributed by atoms with Crippen LogP contribution in [0.25, 0.3) is 11.0 Å². The molecule has 1 aliphatic rings. The Kier molecular flexibility index (Phi) is 3.63. The van der Waals surface area contributed by atoms with E-state index in [1.165, 1.54) is 18.4 Å². The first-order chi connectivity index (χ1) is 9.61. The molecule has 3 N–H and O–H groups in total. The molecule has 1 aliphatic heterocycles. The third-order valence-electron chi connectivity index (χ3n) is 4.38. The quantitative estimate of drug-likeness (QED) is 0.793. The molecule has 0 amide bonds. The van der Waals surface area contributed by atoms with Crippen LogP contribution in [0.5, 0.6) is 0 Å². The van der Waals surface area contributed by atoms with Gasteiger partial charge in [-0.25, -0.2) is 4.79 Å². The summed E-state index contributed by atoms with van der Waals surface area (Å²) < 4.78 is 0. The molecule has 0 saturated carbocycles. The predicted molar refractivity (Wildman–Crippen MR) is 80.9 cm³/mol. The second kappa shape index (κ2) is 5.42. The number of likely N-dealkylation sites (tertiary alicyclic amines) is 1. The van der Waals surface area contributed by atoms with Crippen LogP contribution < -0.4 is 11.0 Å². The lowest BCUT2D eigenvalue weighted by molar-refractivity contribution is 0.168. The van der Waals surface area contributed by atoms with Gasteiger partial charge in [-0.2, -0.15) is 0 Å². The molecule has 0 spiro atoms. The molecule has 1 fully saturated rings. The van der Waals surface area contributed by atoms with E-state index in [1.54, 1.807) is 0 Å². The lowest BCUT2D eigenvalue weighted by Gasteiger charge is -2.35. The Bertz CT molecular complexity index is 645. The van der Waals surface area contributed by atoms with Crippen molar-refractivity contribution in [3.63, 3.8) is 0 Å². The molecule has 1 aromatic heterocycles. The summed E-state index contributed by atoms with van der Waals surface area (Å²) in [5.41, 5.74) is 2.81. The molecule has 0 unspecified atom stereocenters. The van der Waals surface area contributed by atoms with Crippen LogP contribution in [0.2, 0.25) is 0 Å². The maximum absolute atomic E-state index is 11.2. The molecule has 0 radical (unpaired) electrons. The number of rotatable bonds is 3. The number of fused-ring (bicyclic) bond motifs is 1. The summed E-state index contributed by atoms with van der Waals surface area (Å²) in [4.78, 5) is 19.2. The first-order valence-corrected chi connectivity index (χ1v) is 7.26. The van der Waals surface area contributed by atoms with Crippen LogP contribution in [0.1, 0.15) is 25.3 Å². The topological polar surface area (TPSA) is 63.9 Å². The minimum absolute atomic E-state index is 0.144. The van der Waals surface area contributed by atoms with Gasteiger partial charge >= 0.3 is 5.69 Å². The predicted octanol–water partition coefficient (Wildman–Crippen LogP) is 1.43. The van der Waals surface area contributed by atoms with Crippen LogP contribution in [-0.4, -0.2) is 40.5 Å². The fourth-order valence-corrected chi connectivity index (χ4v) is 2.93. The van der Waals surface area contributed by atoms with Crippen molar-refractivity contribution in [1.29, 1.82) is 0 Å². The number of aromatic amines is 2. The zero-order valence-electron chi connectivity index (χ0n) is 12.1. The van der Waals surface area contributed by atoms with Gasteiger partial charge in [-0.15, -0.1) is 0 Å². The first-order valence-electron chi connectivity index (χ1n) is 7.26. The van der Waals surface area contributed by atoms with Crippen molar-refractivity contribution in [2.75, 3.05) is 13.6 Å². The average Bonchev–Trinajstić information content (AvgIpc) is 2.79. The molecule has 108 valence electrons. The van der Waals surface area contributed by atoms with Crippen LogP contribution in [0.4, 0.5) is 0 Å². The van der Waals surface area contributed by atoms with E-state index in [0.717, 1.165) is 24.1 Å². The second-order valence-corrected chi connectivity index (χ2v) is 5.89. The summed E-state index contributed by atoms with van der Waals surface area (Å²) in [5, 5.41) is 3.63. The van der Waals surface area contributed by atoms with Gasteiger partial charge in [0.15, 0.2) is 0 Å². The molecule has 1 aromatic carbocycles. The van der Waals surface area contributed by atoms with E-state index in [1.807, 2.05) is 12.1 Å². The summed E-state index contributed by atoms with van der Waals surface area (Å²) in [6.45, 7) is 4.29. The maximum Gasteiger partial charge on any atom is 0.323 e. The summed E-state index contributed by atoms with van der Waals surface area (Å²) in [6, 6.07) is 7.30. The maximum atomic E-state index is 11.2. The van der Waals surface area contributed by atoms with E-state index in [-0.39, 0.29) is 5.69 Å². The minimum atomic E-state index is -0.144. The van der Waals surface area contributed by atoms with Crippen molar-refractivity contribution in [3.05, 3.63) is 34.2 Å². The molecule has 2 aromatic rings. The highest BCUT2D eigenvalue weighted by molar-refractivity contribution is 5.74. The van der Waals surface area contributed by atoms with Crippen molar-refractivity contribution in [2.45, 2.75) is 38.4 Å². The molecule has 0 aliphatic carbocycles. The van der Waals surface area contributed by atoms with Gasteiger partial charge in [0.1, 0.15) is 0 Å². The Morgan fingerprint density at radius 1 is 1.35 bits per heavy atom. The zero-order chi connectivity index (χ0) is 14.1. The molecule has 5 nitrogen and oxygen atoms in total. The molecular formula is C15H22N4O. The molecular weight excluding hydrogens is 252 g/mol. The summed E-state index contributed by atoms with van der Waals surface area (Å²) in [5.74, 6) is 0. The normalized spacial score (nSPS) is 24.3. The average molecular weight is 274 g/mol. The number of hydrogen-bond acceptors (Lipinski definition) is 3. The number of piperidine rings is 1. The Balaban J connectivity index is 1.63. The minimum Gasteiger partial charge on any atom is -0.310 e. The van der Waals surface area contributed by atoms with E-state index in [4.69, 9.17) is 0 Å². The van der Waals surface area contributed by atoms with Gasteiger partial charge in [0, 0.05) is 18.6 Å². The van der Waals surface area contributed by atoms with Gasteiger partial charge < -0.3 is 20.2 Å². The lowest BCUT2D eigenvalue weighted by atomic mass is 9.98. The highest BCUT2D eigenvalue weighted by atomic mass is 16.1. The standard InChI is InChI=1S/C15H22N4O/c1-10-7-12(5-6-19(10)2)16-9-11-3-4-13-14(8-11)18-15(20)17-13/h3-4,8,10,12,16H,5-7,9H2,1-2H3,(H2,17,18,20)/t10-,12+/m0/s1. The van der Waals surface area contributed by atoms with E-state index >= 15 is 0 Å². The Hall–Kier alpha value is -1.59. The van der Waals surface area contributed by atoms with Gasteiger partial charge in [-0.3, -0.25) is 0 Å². The molecule has 2 heterocycles. The van der Waals surface area contributed by atoms with Gasteiger partial charge in [-0.1, -0.05) is 6.07 Å². The lowest BCUT2D eigenvalue weighted by Crippen LogP contribution is -2.45. The van der Waals surface area contributed by atoms with Gasteiger partial charge in [0.2, 0.25) is 0 Å². The number of benzene rings is 1. The smallest absolute Gasteiger partial charge is 0.310 e. The molecule has 5 heteroatoms. The van der Waals surface area contributed by atoms with E-state index in [0.29, 0.717) is 12.1 Å². The fraction of sp³-hybridized carbons (Fsp3) is 0.533. The Morgan fingerprint density at radius 2 is 2.15 bits per heavy atom. The van der Waals surface area contributed by atoms with Crippen molar-refractivity contribution in [1.82, 2.24) is 20.2 Å². The molecule has 3 rings (SSSR count). The van der Waals surface area contributed by atoms with Crippen molar-refractivity contribution in [3.8, 4) is 0 Å². The van der Waals surface area contributed by atoms with Crippen LogP contribution in [0.3, 0.4) is 0 Å². The SMILES string of the molecule is C[C@H]1C[C@H](NCc2ccc3[nH]c(=O)[nH]c3c2)CCN1C. The summed E-state index contributed by atoms with van der Waals surface area (Å²) >= 11 is 0. The van der Waals surface area contributed by atoms with Gasteiger partial charge in [0.05, 0.1) is 11.0 Å². The third-order valence-corrected chi connectivity index (χ3v) is 4.38. The molecule has 1 saturated heterocycles. The number of imidazole rings is 1. The number of nitrogens with one attached hydrogen (secondary N) is 3. The second-order valence-electron chi connectivity index (χ2n) is 5.89. The van der Waals surface area contributed by atoms with Crippen molar-refractivity contribution in [2.24, 2.45) is 0 Å². The van der Waals surface area contributed by atoms with Crippen molar-refractivity contribution < 1.29 is 0 Å². The molecule has 2 atom stereocenters. The van der Waals surface area contributed by atoms with Gasteiger partial charge in [0.25, 0.3) is 0 Å². The first kappa shape index (κ1) is 13.4. The van der Waals surface area contributed by atoms with E-state index in [2.05, 4.69) is 40.2 Å². The van der Waals surface area contributed by atoms with Crippen LogP contribution in [0, 0.1) is 0 Å². The molecule has 20 heavy (non-hydrogen) atoms.